The van der Waals surface area contributed by atoms with Gasteiger partial charge in [-0.1, -0.05) is 30.3 Å². The fourth-order valence-electron chi connectivity index (χ4n) is 1.91. The van der Waals surface area contributed by atoms with Crippen LogP contribution >= 0.6 is 12.2 Å². The first-order chi connectivity index (χ1) is 11.2. The molecule has 1 N–H and O–H groups in total. The van der Waals surface area contributed by atoms with Gasteiger partial charge in [-0.05, 0) is 42.0 Å². The number of para-hydroxylation sites is 1. The van der Waals surface area contributed by atoms with Crippen LogP contribution in [-0.4, -0.2) is 21.1 Å². The molecular formula is C16H13FN4OS. The molecule has 0 bridgehead atoms. The van der Waals surface area contributed by atoms with Gasteiger partial charge in [0.05, 0.1) is 6.21 Å². The third-order valence-electron chi connectivity index (χ3n) is 3.00. The molecule has 1 aromatic heterocycles. The number of hydrogen-bond donors (Lipinski definition) is 1. The van der Waals surface area contributed by atoms with Crippen molar-refractivity contribution in [3.8, 4) is 5.75 Å². The zero-order valence-corrected chi connectivity index (χ0v) is 12.8. The Morgan fingerprint density at radius 2 is 2.04 bits per heavy atom. The van der Waals surface area contributed by atoms with Gasteiger partial charge in [-0.15, -0.1) is 0 Å². The van der Waals surface area contributed by atoms with Crippen molar-refractivity contribution in [2.24, 2.45) is 5.10 Å². The molecule has 0 unspecified atom stereocenters. The van der Waals surface area contributed by atoms with Gasteiger partial charge in [-0.25, -0.2) is 9.49 Å². The lowest BCUT2D eigenvalue weighted by Crippen LogP contribution is -2.04. The highest BCUT2D eigenvalue weighted by Gasteiger charge is 2.06. The second-order valence-electron chi connectivity index (χ2n) is 4.66. The predicted octanol–water partition coefficient (Wildman–Crippen LogP) is 3.54. The van der Waals surface area contributed by atoms with Gasteiger partial charge in [0.25, 0.3) is 0 Å². The zero-order valence-electron chi connectivity index (χ0n) is 12.0. The third kappa shape index (κ3) is 3.89. The molecule has 0 aliphatic carbocycles. The van der Waals surface area contributed by atoms with Gasteiger partial charge >= 0.3 is 0 Å². The minimum absolute atomic E-state index is 0.206. The Kier molecular flexibility index (Phi) is 4.58. The van der Waals surface area contributed by atoms with Crippen LogP contribution in [0, 0.1) is 10.6 Å². The summed E-state index contributed by atoms with van der Waals surface area (Å²) in [5, 5.41) is 11.0. The highest BCUT2D eigenvalue weighted by atomic mass is 32.1. The van der Waals surface area contributed by atoms with Crippen molar-refractivity contribution in [3.05, 3.63) is 76.6 Å². The van der Waals surface area contributed by atoms with Crippen LogP contribution in [0.15, 0.2) is 59.7 Å². The number of aromatic amines is 1. The number of nitrogens with one attached hydrogen (secondary N) is 1. The summed E-state index contributed by atoms with van der Waals surface area (Å²) in [5.41, 5.74) is 0.628. The van der Waals surface area contributed by atoms with Crippen LogP contribution in [0.1, 0.15) is 11.4 Å². The van der Waals surface area contributed by atoms with Crippen molar-refractivity contribution in [1.82, 2.24) is 14.9 Å². The van der Waals surface area contributed by atoms with Crippen molar-refractivity contribution in [3.63, 3.8) is 0 Å². The zero-order chi connectivity index (χ0) is 16.1. The highest BCUT2D eigenvalue weighted by molar-refractivity contribution is 7.71. The molecule has 1 heterocycles. The first-order valence-electron chi connectivity index (χ1n) is 6.86. The standard InChI is InChI=1S/C16H13FN4OS/c17-13-6-4-5-12(9-13)10-18-21-15(19-20-16(21)23)11-22-14-7-2-1-3-8-14/h1-10H,11H2,(H,20,23). The first kappa shape index (κ1) is 15.1. The molecule has 2 aromatic carbocycles. The third-order valence-corrected chi connectivity index (χ3v) is 3.26. The van der Waals surface area contributed by atoms with Crippen LogP contribution in [0.5, 0.6) is 5.75 Å². The van der Waals surface area contributed by atoms with Crippen LogP contribution in [0.25, 0.3) is 0 Å². The number of benzene rings is 2. The molecule has 0 amide bonds. The molecule has 0 aliphatic heterocycles. The van der Waals surface area contributed by atoms with E-state index >= 15 is 0 Å². The summed E-state index contributed by atoms with van der Waals surface area (Å²) in [6.07, 6.45) is 1.51. The fourth-order valence-corrected chi connectivity index (χ4v) is 2.11. The molecule has 0 aliphatic rings. The molecule has 3 aromatic rings. The van der Waals surface area contributed by atoms with Crippen molar-refractivity contribution in [2.75, 3.05) is 0 Å². The normalized spacial score (nSPS) is 11.0. The summed E-state index contributed by atoms with van der Waals surface area (Å²) in [4.78, 5) is 0. The van der Waals surface area contributed by atoms with Crippen LogP contribution in [-0.2, 0) is 6.61 Å². The topological polar surface area (TPSA) is 55.2 Å². The summed E-state index contributed by atoms with van der Waals surface area (Å²) in [5.74, 6) is 0.922. The van der Waals surface area contributed by atoms with Crippen LogP contribution in [0.3, 0.4) is 0 Å². The maximum Gasteiger partial charge on any atom is 0.216 e. The van der Waals surface area contributed by atoms with Gasteiger partial charge in [0.1, 0.15) is 18.2 Å². The SMILES string of the molecule is Fc1cccc(C=Nn2c(COc3ccccc3)n[nH]c2=S)c1. The molecule has 0 spiro atoms. The van der Waals surface area contributed by atoms with E-state index in [-0.39, 0.29) is 12.4 Å². The predicted molar refractivity (Wildman–Crippen MR) is 87.6 cm³/mol. The van der Waals surface area contributed by atoms with Crippen LogP contribution in [0.4, 0.5) is 4.39 Å². The Morgan fingerprint density at radius 3 is 2.83 bits per heavy atom. The first-order valence-corrected chi connectivity index (χ1v) is 7.27. The molecule has 3 rings (SSSR count). The Bertz CT molecular complexity index is 873. The molecule has 7 heteroatoms. The van der Waals surface area contributed by atoms with E-state index < -0.39 is 0 Å². The number of hydrogen-bond acceptors (Lipinski definition) is 4. The molecule has 0 atom stereocenters. The smallest absolute Gasteiger partial charge is 0.216 e. The van der Waals surface area contributed by atoms with Crippen molar-refractivity contribution in [1.29, 1.82) is 0 Å². The van der Waals surface area contributed by atoms with Gasteiger partial charge < -0.3 is 4.74 Å². The van der Waals surface area contributed by atoms with Gasteiger partial charge in [0, 0.05) is 0 Å². The summed E-state index contributed by atoms with van der Waals surface area (Å²) >= 11 is 5.15. The maximum atomic E-state index is 13.2. The lowest BCUT2D eigenvalue weighted by molar-refractivity contribution is 0.290. The van der Waals surface area contributed by atoms with E-state index in [1.807, 2.05) is 30.3 Å². The van der Waals surface area contributed by atoms with Gasteiger partial charge in [-0.3, -0.25) is 0 Å². The van der Waals surface area contributed by atoms with Crippen molar-refractivity contribution < 1.29 is 9.13 Å². The van der Waals surface area contributed by atoms with Gasteiger partial charge in [-0.2, -0.15) is 14.9 Å². The van der Waals surface area contributed by atoms with Crippen LogP contribution in [0.2, 0.25) is 0 Å². The van der Waals surface area contributed by atoms with Crippen LogP contribution < -0.4 is 4.74 Å². The van der Waals surface area contributed by atoms with Crippen molar-refractivity contribution >= 4 is 18.4 Å². The van der Waals surface area contributed by atoms with E-state index in [1.165, 1.54) is 23.0 Å². The van der Waals surface area contributed by atoms with E-state index in [4.69, 9.17) is 17.0 Å². The Hall–Kier alpha value is -2.80. The van der Waals surface area contributed by atoms with E-state index in [0.717, 1.165) is 5.75 Å². The molecule has 23 heavy (non-hydrogen) atoms. The number of halogens is 1. The summed E-state index contributed by atoms with van der Waals surface area (Å²) in [6, 6.07) is 15.5. The van der Waals surface area contributed by atoms with Gasteiger partial charge in [0.15, 0.2) is 5.82 Å². The maximum absolute atomic E-state index is 13.2. The van der Waals surface area contributed by atoms with E-state index in [9.17, 15) is 4.39 Å². The molecule has 5 nitrogen and oxygen atoms in total. The van der Waals surface area contributed by atoms with Gasteiger partial charge in [0.2, 0.25) is 4.77 Å². The number of ether oxygens (including phenoxy) is 1. The number of rotatable bonds is 5. The molecule has 116 valence electrons. The number of H-pyrrole nitrogens is 1. The Labute approximate surface area is 137 Å². The quantitative estimate of drug-likeness (QED) is 0.576. The molecule has 0 saturated heterocycles. The second-order valence-corrected chi connectivity index (χ2v) is 5.04. The largest absolute Gasteiger partial charge is 0.486 e. The highest BCUT2D eigenvalue weighted by Crippen LogP contribution is 2.11. The number of aromatic nitrogens is 3. The molecule has 0 radical (unpaired) electrons. The average molecular weight is 328 g/mol. The van der Waals surface area contributed by atoms with E-state index in [2.05, 4.69) is 15.3 Å². The molecule has 0 saturated carbocycles. The minimum Gasteiger partial charge on any atom is -0.486 e. The molecule has 0 fully saturated rings. The average Bonchev–Trinajstić information content (AvgIpc) is 2.92. The summed E-state index contributed by atoms with van der Waals surface area (Å²) < 4.78 is 20.6. The monoisotopic (exact) mass is 328 g/mol. The van der Waals surface area contributed by atoms with E-state index in [1.54, 1.807) is 12.1 Å². The summed E-state index contributed by atoms with van der Waals surface area (Å²) in [6.45, 7) is 0.206. The fraction of sp³-hybridized carbons (Fsp3) is 0.0625. The lowest BCUT2D eigenvalue weighted by atomic mass is 10.2. The molecular weight excluding hydrogens is 315 g/mol. The Morgan fingerprint density at radius 1 is 1.22 bits per heavy atom. The second kappa shape index (κ2) is 6.97. The number of nitrogens with zero attached hydrogens (tertiary/aromatic N) is 3. The van der Waals surface area contributed by atoms with E-state index in [0.29, 0.717) is 16.2 Å². The van der Waals surface area contributed by atoms with Crippen molar-refractivity contribution in [2.45, 2.75) is 6.61 Å². The minimum atomic E-state index is -0.322. The summed E-state index contributed by atoms with van der Waals surface area (Å²) in [7, 11) is 0. The lowest BCUT2D eigenvalue weighted by Gasteiger charge is -2.04. The Balaban J connectivity index is 1.77.